The van der Waals surface area contributed by atoms with Crippen molar-refractivity contribution in [3.05, 3.63) is 42.0 Å². The predicted molar refractivity (Wildman–Crippen MR) is 124 cm³/mol. The maximum atomic E-state index is 12.8. The van der Waals surface area contributed by atoms with Crippen LogP contribution in [0.3, 0.4) is 0 Å². The molecule has 11 heteroatoms. The Hall–Kier alpha value is -3.31. The summed E-state index contributed by atoms with van der Waals surface area (Å²) in [6.07, 6.45) is 3.64. The van der Waals surface area contributed by atoms with Gasteiger partial charge < -0.3 is 24.3 Å². The standard InChI is InChI=1S/C23H28N2O8S/c1-30-20-13-18(19(14-21(20)31-2)25-22(26)15-5-3-4-6-15)23(27)33-12-11-32-16-7-9-17(10-8-16)34(24,28)29/h7-10,13-15H,3-6,11-12H2,1-2H3,(H,25,26)(H2,24,28,29). The van der Waals surface area contributed by atoms with Crippen molar-refractivity contribution in [2.24, 2.45) is 11.1 Å². The van der Waals surface area contributed by atoms with Gasteiger partial charge in [0, 0.05) is 18.1 Å². The lowest BCUT2D eigenvalue weighted by atomic mass is 10.1. The first kappa shape index (κ1) is 25.3. The van der Waals surface area contributed by atoms with E-state index in [0.717, 1.165) is 25.7 Å². The average Bonchev–Trinajstić information content (AvgIpc) is 3.36. The molecule has 0 aromatic heterocycles. The summed E-state index contributed by atoms with van der Waals surface area (Å²) in [6.45, 7) is -0.0579. The first-order chi connectivity index (χ1) is 16.2. The molecule has 0 unspecified atom stereocenters. The van der Waals surface area contributed by atoms with Crippen LogP contribution in [0.1, 0.15) is 36.0 Å². The number of amides is 1. The number of hydrogen-bond donors (Lipinski definition) is 2. The fraction of sp³-hybridized carbons (Fsp3) is 0.391. The normalized spacial score (nSPS) is 13.9. The van der Waals surface area contributed by atoms with Crippen LogP contribution < -0.4 is 24.7 Å². The fourth-order valence-corrected chi connectivity index (χ4v) is 4.19. The molecule has 1 aliphatic rings. The minimum Gasteiger partial charge on any atom is -0.493 e. The van der Waals surface area contributed by atoms with Gasteiger partial charge in [-0.05, 0) is 37.1 Å². The van der Waals surface area contributed by atoms with Crippen LogP contribution >= 0.6 is 0 Å². The van der Waals surface area contributed by atoms with E-state index < -0.39 is 16.0 Å². The number of esters is 1. The highest BCUT2D eigenvalue weighted by Crippen LogP contribution is 2.35. The summed E-state index contributed by atoms with van der Waals surface area (Å²) in [5.74, 6) is 0.164. The smallest absolute Gasteiger partial charge is 0.340 e. The van der Waals surface area contributed by atoms with Crippen LogP contribution in [0.25, 0.3) is 0 Å². The van der Waals surface area contributed by atoms with Gasteiger partial charge in [-0.1, -0.05) is 12.8 Å². The van der Waals surface area contributed by atoms with Gasteiger partial charge in [0.15, 0.2) is 11.5 Å². The second-order valence-corrected chi connectivity index (χ2v) is 9.29. The van der Waals surface area contributed by atoms with Crippen LogP contribution in [0.2, 0.25) is 0 Å². The summed E-state index contributed by atoms with van der Waals surface area (Å²) in [6, 6.07) is 8.53. The number of anilines is 1. The molecule has 0 radical (unpaired) electrons. The number of methoxy groups -OCH3 is 2. The first-order valence-corrected chi connectivity index (χ1v) is 12.3. The molecule has 10 nitrogen and oxygen atoms in total. The van der Waals surface area contributed by atoms with Gasteiger partial charge in [0.05, 0.1) is 30.4 Å². The molecule has 2 aromatic carbocycles. The van der Waals surface area contributed by atoms with E-state index in [0.29, 0.717) is 17.2 Å². The van der Waals surface area contributed by atoms with E-state index in [-0.39, 0.29) is 41.2 Å². The fourth-order valence-electron chi connectivity index (χ4n) is 3.67. The second kappa shape index (κ2) is 11.2. The minimum atomic E-state index is -3.79. The molecule has 1 aliphatic carbocycles. The summed E-state index contributed by atoms with van der Waals surface area (Å²) in [5, 5.41) is 7.89. The predicted octanol–water partition coefficient (Wildman–Crippen LogP) is 2.72. The Morgan fingerprint density at radius 1 is 1.00 bits per heavy atom. The summed E-state index contributed by atoms with van der Waals surface area (Å²) in [4.78, 5) is 25.4. The monoisotopic (exact) mass is 492 g/mol. The minimum absolute atomic E-state index is 0.0253. The van der Waals surface area contributed by atoms with Gasteiger partial charge in [0.2, 0.25) is 15.9 Å². The molecule has 1 saturated carbocycles. The quantitative estimate of drug-likeness (QED) is 0.381. The Kier molecular flexibility index (Phi) is 8.35. The molecule has 1 fully saturated rings. The van der Waals surface area contributed by atoms with E-state index in [1.165, 1.54) is 50.6 Å². The molecule has 3 rings (SSSR count). The lowest BCUT2D eigenvalue weighted by Gasteiger charge is -2.17. The van der Waals surface area contributed by atoms with Gasteiger partial charge >= 0.3 is 5.97 Å². The molecule has 0 heterocycles. The zero-order valence-electron chi connectivity index (χ0n) is 19.0. The molecule has 0 aliphatic heterocycles. The van der Waals surface area contributed by atoms with Crippen molar-refractivity contribution < 1.29 is 37.0 Å². The maximum absolute atomic E-state index is 12.8. The highest BCUT2D eigenvalue weighted by molar-refractivity contribution is 7.89. The van der Waals surface area contributed by atoms with Gasteiger partial charge in [0.25, 0.3) is 0 Å². The van der Waals surface area contributed by atoms with E-state index in [4.69, 9.17) is 24.1 Å². The largest absolute Gasteiger partial charge is 0.493 e. The molecule has 184 valence electrons. The SMILES string of the molecule is COc1cc(NC(=O)C2CCCC2)c(C(=O)OCCOc2ccc(S(N)(=O)=O)cc2)cc1OC. The molecule has 0 atom stereocenters. The highest BCUT2D eigenvalue weighted by Gasteiger charge is 2.25. The first-order valence-electron chi connectivity index (χ1n) is 10.7. The van der Waals surface area contributed by atoms with Gasteiger partial charge in [-0.25, -0.2) is 18.4 Å². The Bertz CT molecular complexity index is 1130. The third kappa shape index (κ3) is 6.39. The van der Waals surface area contributed by atoms with Gasteiger partial charge in [-0.15, -0.1) is 0 Å². The van der Waals surface area contributed by atoms with Crippen LogP contribution in [-0.2, 0) is 19.6 Å². The molecule has 0 bridgehead atoms. The number of rotatable bonds is 10. The van der Waals surface area contributed by atoms with E-state index >= 15 is 0 Å². The summed E-state index contributed by atoms with van der Waals surface area (Å²) in [7, 11) is -0.883. The number of carbonyl (C=O) groups excluding carboxylic acids is 2. The molecule has 0 spiro atoms. The summed E-state index contributed by atoms with van der Waals surface area (Å²) < 4.78 is 44.0. The molecule has 2 aromatic rings. The topological polar surface area (TPSA) is 143 Å². The van der Waals surface area contributed by atoms with E-state index in [2.05, 4.69) is 5.32 Å². The highest BCUT2D eigenvalue weighted by atomic mass is 32.2. The lowest BCUT2D eigenvalue weighted by Crippen LogP contribution is -2.22. The number of ether oxygens (including phenoxy) is 4. The van der Waals surface area contributed by atoms with Crippen molar-refractivity contribution in [3.8, 4) is 17.2 Å². The van der Waals surface area contributed by atoms with Crippen molar-refractivity contribution >= 4 is 27.6 Å². The third-order valence-electron chi connectivity index (χ3n) is 5.46. The van der Waals surface area contributed by atoms with Crippen LogP contribution in [0.15, 0.2) is 41.3 Å². The van der Waals surface area contributed by atoms with E-state index in [1.807, 2.05) is 0 Å². The van der Waals surface area contributed by atoms with Crippen LogP contribution in [-0.4, -0.2) is 47.7 Å². The Labute approximate surface area is 198 Å². The summed E-state index contributed by atoms with van der Waals surface area (Å²) in [5.41, 5.74) is 0.403. The lowest BCUT2D eigenvalue weighted by molar-refractivity contribution is -0.119. The number of sulfonamides is 1. The average molecular weight is 493 g/mol. The number of primary sulfonamides is 1. The number of benzene rings is 2. The van der Waals surface area contributed by atoms with Crippen molar-refractivity contribution in [3.63, 3.8) is 0 Å². The van der Waals surface area contributed by atoms with Gasteiger partial charge in [-0.2, -0.15) is 0 Å². The molecular formula is C23H28N2O8S. The van der Waals surface area contributed by atoms with Crippen LogP contribution in [0.4, 0.5) is 5.69 Å². The molecule has 1 amide bonds. The Morgan fingerprint density at radius 2 is 1.62 bits per heavy atom. The molecule has 34 heavy (non-hydrogen) atoms. The summed E-state index contributed by atoms with van der Waals surface area (Å²) >= 11 is 0. The Balaban J connectivity index is 1.65. The maximum Gasteiger partial charge on any atom is 0.340 e. The van der Waals surface area contributed by atoms with E-state index in [1.54, 1.807) is 0 Å². The van der Waals surface area contributed by atoms with Gasteiger partial charge in [0.1, 0.15) is 19.0 Å². The number of nitrogens with one attached hydrogen (secondary N) is 1. The zero-order valence-corrected chi connectivity index (χ0v) is 19.9. The molecule has 0 saturated heterocycles. The van der Waals surface area contributed by atoms with Crippen molar-refractivity contribution in [1.82, 2.24) is 0 Å². The van der Waals surface area contributed by atoms with Crippen LogP contribution in [0.5, 0.6) is 17.2 Å². The van der Waals surface area contributed by atoms with E-state index in [9.17, 15) is 18.0 Å². The van der Waals surface area contributed by atoms with Crippen molar-refractivity contribution in [2.75, 3.05) is 32.8 Å². The number of carbonyl (C=O) groups is 2. The van der Waals surface area contributed by atoms with Crippen molar-refractivity contribution in [2.45, 2.75) is 30.6 Å². The molecular weight excluding hydrogens is 464 g/mol. The van der Waals surface area contributed by atoms with Gasteiger partial charge in [-0.3, -0.25) is 4.79 Å². The molecule has 3 N–H and O–H groups in total. The zero-order chi connectivity index (χ0) is 24.7. The Morgan fingerprint density at radius 3 is 2.21 bits per heavy atom. The number of hydrogen-bond acceptors (Lipinski definition) is 8. The number of nitrogens with two attached hydrogens (primary N) is 1. The third-order valence-corrected chi connectivity index (χ3v) is 6.39. The van der Waals surface area contributed by atoms with Crippen molar-refractivity contribution in [1.29, 1.82) is 0 Å². The second-order valence-electron chi connectivity index (χ2n) is 7.72. The van der Waals surface area contributed by atoms with Crippen LogP contribution in [0, 0.1) is 5.92 Å².